The van der Waals surface area contributed by atoms with E-state index in [1.165, 1.54) is 40.7 Å². The van der Waals surface area contributed by atoms with Gasteiger partial charge in [-0.1, -0.05) is 24.3 Å². The molecule has 1 atom stereocenters. The predicted octanol–water partition coefficient (Wildman–Crippen LogP) is 4.00. The van der Waals surface area contributed by atoms with Gasteiger partial charge in [-0.3, -0.25) is 4.79 Å². The molecule has 190 valence electrons. The maximum Gasteiger partial charge on any atom is 0.416 e. The smallest absolute Gasteiger partial charge is 0.315 e. The van der Waals surface area contributed by atoms with Gasteiger partial charge in [-0.25, -0.2) is 12.8 Å². The van der Waals surface area contributed by atoms with Gasteiger partial charge in [0, 0.05) is 30.7 Å². The number of alkyl halides is 3. The Kier molecular flexibility index (Phi) is 7.95. The zero-order valence-corrected chi connectivity index (χ0v) is 20.3. The van der Waals surface area contributed by atoms with Gasteiger partial charge in [-0.05, 0) is 43.7 Å². The Bertz CT molecular complexity index is 1390. The molecular weight excluding hydrogens is 510 g/mol. The highest BCUT2D eigenvalue weighted by Crippen LogP contribution is 2.33. The van der Waals surface area contributed by atoms with E-state index in [1.54, 1.807) is 6.92 Å². The monoisotopic (exact) mass is 533 g/mol. The fourth-order valence-corrected chi connectivity index (χ4v) is 6.18. The Hall–Kier alpha value is -2.47. The standard InChI is InChI=1S/C23H23F4N3O3S.ClH/c1-15-12-28-10-5-11-30(15)34(32,33)20-9-4-7-17-21(20)19(24)14-29(22(17)31)13-16-6-2-3-8-18(16)23(25,26)27;/h2-4,6-9,14-15,28H,5,10-13H2,1H3;1H/t15-;/m1./s1. The number of hydrogen-bond donors (Lipinski definition) is 1. The molecule has 1 saturated heterocycles. The van der Waals surface area contributed by atoms with Gasteiger partial charge in [-0.2, -0.15) is 17.5 Å². The first-order chi connectivity index (χ1) is 16.0. The third-order valence-corrected chi connectivity index (χ3v) is 7.99. The number of pyridine rings is 1. The van der Waals surface area contributed by atoms with Crippen LogP contribution in [0, 0.1) is 5.82 Å². The Balaban J connectivity index is 0.00000342. The minimum absolute atomic E-state index is 0. The van der Waals surface area contributed by atoms with Crippen LogP contribution in [0.25, 0.3) is 10.8 Å². The Labute approximate surface area is 206 Å². The summed E-state index contributed by atoms with van der Waals surface area (Å²) in [5, 5.41) is 2.56. The van der Waals surface area contributed by atoms with Gasteiger partial charge in [0.2, 0.25) is 10.0 Å². The van der Waals surface area contributed by atoms with Crippen molar-refractivity contribution in [2.75, 3.05) is 19.6 Å². The van der Waals surface area contributed by atoms with E-state index >= 15 is 4.39 Å². The lowest BCUT2D eigenvalue weighted by molar-refractivity contribution is -0.138. The van der Waals surface area contributed by atoms with Crippen LogP contribution in [0.15, 0.2) is 58.4 Å². The number of halogens is 5. The van der Waals surface area contributed by atoms with Crippen LogP contribution in [0.4, 0.5) is 17.6 Å². The Morgan fingerprint density at radius 3 is 2.54 bits per heavy atom. The van der Waals surface area contributed by atoms with Crippen molar-refractivity contribution in [3.8, 4) is 0 Å². The molecular formula is C23H24ClF4N3O3S. The minimum atomic E-state index is -4.64. The van der Waals surface area contributed by atoms with Gasteiger partial charge in [-0.15, -0.1) is 12.4 Å². The van der Waals surface area contributed by atoms with E-state index in [0.29, 0.717) is 19.5 Å². The second-order valence-corrected chi connectivity index (χ2v) is 10.1. The van der Waals surface area contributed by atoms with Crippen molar-refractivity contribution in [3.63, 3.8) is 0 Å². The quantitative estimate of drug-likeness (QED) is 0.515. The molecule has 12 heteroatoms. The molecule has 1 fully saturated rings. The highest BCUT2D eigenvalue weighted by atomic mass is 35.5. The first kappa shape index (κ1) is 27.1. The molecule has 3 aromatic rings. The number of aromatic nitrogens is 1. The maximum atomic E-state index is 15.3. The number of nitrogens with one attached hydrogen (secondary N) is 1. The van der Waals surface area contributed by atoms with Crippen molar-refractivity contribution < 1.29 is 26.0 Å². The molecule has 0 amide bonds. The van der Waals surface area contributed by atoms with Crippen LogP contribution in [0.1, 0.15) is 24.5 Å². The summed E-state index contributed by atoms with van der Waals surface area (Å²) in [6, 6.07) is 8.21. The molecule has 2 aromatic carbocycles. The van der Waals surface area contributed by atoms with Crippen molar-refractivity contribution in [1.29, 1.82) is 0 Å². The normalized spacial score (nSPS) is 17.7. The average molecular weight is 534 g/mol. The summed E-state index contributed by atoms with van der Waals surface area (Å²) in [5.41, 5.74) is -1.91. The van der Waals surface area contributed by atoms with Crippen LogP contribution in [-0.2, 0) is 22.7 Å². The van der Waals surface area contributed by atoms with Gasteiger partial charge < -0.3 is 9.88 Å². The van der Waals surface area contributed by atoms with Crippen LogP contribution in [0.5, 0.6) is 0 Å². The van der Waals surface area contributed by atoms with Gasteiger partial charge in [0.15, 0.2) is 0 Å². The van der Waals surface area contributed by atoms with Crippen LogP contribution in [0.2, 0.25) is 0 Å². The van der Waals surface area contributed by atoms with Crippen molar-refractivity contribution in [3.05, 3.63) is 76.0 Å². The predicted molar refractivity (Wildman–Crippen MR) is 127 cm³/mol. The third kappa shape index (κ3) is 5.23. The zero-order chi connectivity index (χ0) is 24.7. The van der Waals surface area contributed by atoms with Crippen LogP contribution in [0.3, 0.4) is 0 Å². The van der Waals surface area contributed by atoms with Crippen molar-refractivity contribution in [1.82, 2.24) is 14.2 Å². The molecule has 0 spiro atoms. The van der Waals surface area contributed by atoms with Gasteiger partial charge in [0.05, 0.1) is 22.4 Å². The first-order valence-corrected chi connectivity index (χ1v) is 12.1. The SMILES string of the molecule is C[C@@H]1CNCCCN1S(=O)(=O)c1cccc2c(=O)n(Cc3ccccc3C(F)(F)F)cc(F)c12.Cl. The van der Waals surface area contributed by atoms with E-state index < -0.39 is 39.7 Å². The van der Waals surface area contributed by atoms with Gasteiger partial charge >= 0.3 is 6.18 Å². The Morgan fingerprint density at radius 1 is 1.11 bits per heavy atom. The molecule has 0 radical (unpaired) electrons. The van der Waals surface area contributed by atoms with E-state index in [2.05, 4.69) is 5.32 Å². The average Bonchev–Trinajstić information content (AvgIpc) is 3.01. The fourth-order valence-electron chi connectivity index (χ4n) is 4.30. The molecule has 2 heterocycles. The lowest BCUT2D eigenvalue weighted by Crippen LogP contribution is -2.41. The summed E-state index contributed by atoms with van der Waals surface area (Å²) in [6.07, 6.45) is -3.30. The van der Waals surface area contributed by atoms with Crippen LogP contribution >= 0.6 is 12.4 Å². The topological polar surface area (TPSA) is 71.4 Å². The van der Waals surface area contributed by atoms with E-state index in [9.17, 15) is 26.4 Å². The number of hydrogen-bond acceptors (Lipinski definition) is 4. The summed E-state index contributed by atoms with van der Waals surface area (Å²) >= 11 is 0. The van der Waals surface area contributed by atoms with Gasteiger partial charge in [0.25, 0.3) is 5.56 Å². The second kappa shape index (κ2) is 10.3. The van der Waals surface area contributed by atoms with Crippen LogP contribution < -0.4 is 10.9 Å². The summed E-state index contributed by atoms with van der Waals surface area (Å²) in [7, 11) is -4.14. The van der Waals surface area contributed by atoms with Crippen molar-refractivity contribution in [2.24, 2.45) is 0 Å². The molecule has 4 rings (SSSR count). The van der Waals surface area contributed by atoms with Crippen molar-refractivity contribution in [2.45, 2.75) is 37.0 Å². The molecule has 0 saturated carbocycles. The van der Waals surface area contributed by atoms with E-state index in [-0.39, 0.29) is 46.2 Å². The van der Waals surface area contributed by atoms with Gasteiger partial charge in [0.1, 0.15) is 5.82 Å². The molecule has 0 unspecified atom stereocenters. The number of rotatable bonds is 4. The molecule has 1 N–H and O–H groups in total. The molecule has 1 aromatic heterocycles. The molecule has 1 aliphatic heterocycles. The molecule has 1 aliphatic rings. The second-order valence-electron chi connectivity index (χ2n) is 8.27. The van der Waals surface area contributed by atoms with E-state index in [0.717, 1.165) is 16.8 Å². The summed E-state index contributed by atoms with van der Waals surface area (Å²) in [6.45, 7) is 2.53. The summed E-state index contributed by atoms with van der Waals surface area (Å²) in [5.74, 6) is -1.00. The van der Waals surface area contributed by atoms with Crippen molar-refractivity contribution >= 4 is 33.2 Å². The fraction of sp³-hybridized carbons (Fsp3) is 0.348. The largest absolute Gasteiger partial charge is 0.416 e. The zero-order valence-electron chi connectivity index (χ0n) is 18.7. The minimum Gasteiger partial charge on any atom is -0.315 e. The number of benzene rings is 2. The van der Waals surface area contributed by atoms with E-state index in [1.807, 2.05) is 0 Å². The molecule has 35 heavy (non-hydrogen) atoms. The summed E-state index contributed by atoms with van der Waals surface area (Å²) < 4.78 is 84.5. The van der Waals surface area contributed by atoms with Crippen LogP contribution in [-0.4, -0.2) is 43.0 Å². The highest BCUT2D eigenvalue weighted by molar-refractivity contribution is 7.89. The molecule has 6 nitrogen and oxygen atoms in total. The Morgan fingerprint density at radius 2 is 1.83 bits per heavy atom. The lowest BCUT2D eigenvalue weighted by atomic mass is 10.1. The van der Waals surface area contributed by atoms with E-state index in [4.69, 9.17) is 0 Å². The molecule has 0 bridgehead atoms. The highest BCUT2D eigenvalue weighted by Gasteiger charge is 2.34. The first-order valence-electron chi connectivity index (χ1n) is 10.7. The summed E-state index contributed by atoms with van der Waals surface area (Å²) in [4.78, 5) is 12.8. The number of nitrogens with zero attached hydrogens (tertiary/aromatic N) is 2. The maximum absolute atomic E-state index is 15.3. The molecule has 0 aliphatic carbocycles. The lowest BCUT2D eigenvalue weighted by Gasteiger charge is -2.26. The number of sulfonamides is 1. The third-order valence-electron chi connectivity index (χ3n) is 5.94. The number of fused-ring (bicyclic) bond motifs is 1.